The van der Waals surface area contributed by atoms with Crippen LogP contribution in [0, 0.1) is 5.92 Å². The lowest BCUT2D eigenvalue weighted by molar-refractivity contribution is -0.169. The number of hydrogen-bond donors (Lipinski definition) is 0. The predicted octanol–water partition coefficient (Wildman–Crippen LogP) is 3.97. The maximum absolute atomic E-state index is 12.3. The van der Waals surface area contributed by atoms with Gasteiger partial charge in [0.2, 0.25) is 0 Å². The summed E-state index contributed by atoms with van der Waals surface area (Å²) in [5, 5.41) is 0. The first kappa shape index (κ1) is 15.0. The van der Waals surface area contributed by atoms with E-state index in [2.05, 4.69) is 4.99 Å². The van der Waals surface area contributed by atoms with Gasteiger partial charge in [0.25, 0.3) is 0 Å². The first-order valence-electron chi connectivity index (χ1n) is 6.24. The fourth-order valence-electron chi connectivity index (χ4n) is 1.78. The molecule has 0 radical (unpaired) electrons. The Labute approximate surface area is 120 Å². The average Bonchev–Trinajstić information content (AvgIpc) is 2.46. The van der Waals surface area contributed by atoms with E-state index in [1.165, 1.54) is 6.08 Å². The molecule has 1 unspecified atom stereocenters. The molecular formula is C16H12F3NO. The lowest BCUT2D eigenvalue weighted by atomic mass is 9.97. The van der Waals surface area contributed by atoms with Crippen LogP contribution in [0.3, 0.4) is 0 Å². The Morgan fingerprint density at radius 3 is 2.52 bits per heavy atom. The van der Waals surface area contributed by atoms with Crippen molar-refractivity contribution in [2.45, 2.75) is 6.18 Å². The second kappa shape index (κ2) is 6.35. The Morgan fingerprint density at radius 1 is 1.14 bits per heavy atom. The van der Waals surface area contributed by atoms with E-state index in [0.717, 1.165) is 5.56 Å². The van der Waals surface area contributed by atoms with Gasteiger partial charge in [-0.25, -0.2) is 4.99 Å². The number of aliphatic imine (C=N–C) groups is 1. The number of halogens is 3. The van der Waals surface area contributed by atoms with Crippen molar-refractivity contribution in [3.63, 3.8) is 0 Å². The van der Waals surface area contributed by atoms with Crippen molar-refractivity contribution in [3.05, 3.63) is 66.3 Å². The van der Waals surface area contributed by atoms with Gasteiger partial charge in [-0.15, -0.1) is 0 Å². The van der Waals surface area contributed by atoms with Gasteiger partial charge in [-0.2, -0.15) is 13.2 Å². The van der Waals surface area contributed by atoms with E-state index in [9.17, 15) is 18.0 Å². The van der Waals surface area contributed by atoms with Crippen LogP contribution in [0.5, 0.6) is 0 Å². The van der Waals surface area contributed by atoms with Gasteiger partial charge >= 0.3 is 12.1 Å². The zero-order chi connectivity index (χ0) is 15.3. The number of allylic oxidation sites excluding steroid dienone is 5. The molecule has 2 nitrogen and oxygen atoms in total. The van der Waals surface area contributed by atoms with E-state index in [1.54, 1.807) is 30.4 Å². The van der Waals surface area contributed by atoms with Gasteiger partial charge in [0.15, 0.2) is 0 Å². The third-order valence-corrected chi connectivity index (χ3v) is 2.81. The minimum absolute atomic E-state index is 0.0759. The van der Waals surface area contributed by atoms with E-state index in [-0.39, 0.29) is 5.71 Å². The number of rotatable bonds is 2. The summed E-state index contributed by atoms with van der Waals surface area (Å²) < 4.78 is 36.8. The molecule has 2 rings (SSSR count). The van der Waals surface area contributed by atoms with Crippen LogP contribution in [-0.2, 0) is 4.79 Å². The highest BCUT2D eigenvalue weighted by Gasteiger charge is 2.39. The van der Waals surface area contributed by atoms with Crippen molar-refractivity contribution in [2.24, 2.45) is 10.9 Å². The molecule has 5 heteroatoms. The van der Waals surface area contributed by atoms with Crippen molar-refractivity contribution in [1.82, 2.24) is 0 Å². The Morgan fingerprint density at radius 2 is 1.86 bits per heavy atom. The average molecular weight is 291 g/mol. The minimum Gasteiger partial charge on any atom is -0.262 e. The normalized spacial score (nSPS) is 20.3. The van der Waals surface area contributed by atoms with E-state index in [4.69, 9.17) is 0 Å². The van der Waals surface area contributed by atoms with Gasteiger partial charge < -0.3 is 0 Å². The van der Waals surface area contributed by atoms with Crippen LogP contribution < -0.4 is 0 Å². The molecular weight excluding hydrogens is 279 g/mol. The summed E-state index contributed by atoms with van der Waals surface area (Å²) in [5.41, 5.74) is 0.994. The van der Waals surface area contributed by atoms with Crippen LogP contribution in [0.4, 0.5) is 13.2 Å². The smallest absolute Gasteiger partial charge is 0.262 e. The van der Waals surface area contributed by atoms with Gasteiger partial charge in [0.1, 0.15) is 0 Å². The molecule has 0 heterocycles. The van der Waals surface area contributed by atoms with Crippen molar-refractivity contribution >= 4 is 17.7 Å². The van der Waals surface area contributed by atoms with Crippen LogP contribution in [0.25, 0.3) is 6.08 Å². The Balaban J connectivity index is 2.19. The lowest BCUT2D eigenvalue weighted by Gasteiger charge is -2.12. The zero-order valence-corrected chi connectivity index (χ0v) is 10.9. The van der Waals surface area contributed by atoms with Gasteiger partial charge in [-0.1, -0.05) is 60.7 Å². The first-order valence-corrected chi connectivity index (χ1v) is 6.24. The predicted molar refractivity (Wildman–Crippen MR) is 75.7 cm³/mol. The highest BCUT2D eigenvalue weighted by atomic mass is 19.4. The fraction of sp³-hybridized carbons (Fsp3) is 0.125. The zero-order valence-electron chi connectivity index (χ0n) is 10.9. The van der Waals surface area contributed by atoms with Gasteiger partial charge in [-0.3, -0.25) is 4.79 Å². The van der Waals surface area contributed by atoms with Crippen LogP contribution in [0.1, 0.15) is 5.56 Å². The highest BCUT2D eigenvalue weighted by Crippen LogP contribution is 2.19. The molecule has 0 saturated carbocycles. The molecule has 1 atom stereocenters. The molecule has 1 aliphatic carbocycles. The number of hydrogen-bond acceptors (Lipinski definition) is 1. The van der Waals surface area contributed by atoms with E-state index in [0.29, 0.717) is 0 Å². The molecule has 1 aromatic rings. The van der Waals surface area contributed by atoms with E-state index >= 15 is 0 Å². The Bertz CT molecular complexity index is 625. The summed E-state index contributed by atoms with van der Waals surface area (Å²) in [4.78, 5) is 14.1. The molecule has 0 spiro atoms. The number of nitrogens with zero attached hydrogens (tertiary/aromatic N) is 1. The van der Waals surface area contributed by atoms with Crippen LogP contribution in [-0.4, -0.2) is 17.8 Å². The number of amides is 1. The van der Waals surface area contributed by atoms with E-state index in [1.807, 2.05) is 30.3 Å². The van der Waals surface area contributed by atoms with Crippen molar-refractivity contribution in [3.8, 4) is 0 Å². The maximum Gasteiger partial charge on any atom is 0.473 e. The van der Waals surface area contributed by atoms with Crippen LogP contribution in [0.15, 0.2) is 65.7 Å². The second-order valence-electron chi connectivity index (χ2n) is 4.38. The van der Waals surface area contributed by atoms with Crippen LogP contribution in [0.2, 0.25) is 0 Å². The summed E-state index contributed by atoms with van der Waals surface area (Å²) in [6, 6.07) is 9.33. The Kier molecular flexibility index (Phi) is 4.52. The van der Waals surface area contributed by atoms with E-state index < -0.39 is 18.0 Å². The molecule has 0 saturated heterocycles. The van der Waals surface area contributed by atoms with Crippen molar-refractivity contribution < 1.29 is 18.0 Å². The molecule has 0 N–H and O–H groups in total. The molecule has 0 aromatic heterocycles. The number of carbonyl (C=O) groups is 1. The maximum atomic E-state index is 12.3. The standard InChI is InChI=1S/C16H12F3NO/c17-16(18,19)15(21)20-14-9-5-4-8-13(14)11-10-12-6-2-1-3-7-12/h1-11,13H. The molecule has 1 aromatic carbocycles. The second-order valence-corrected chi connectivity index (χ2v) is 4.38. The largest absolute Gasteiger partial charge is 0.473 e. The van der Waals surface area contributed by atoms with Gasteiger partial charge in [-0.05, 0) is 11.6 Å². The summed E-state index contributed by atoms with van der Waals surface area (Å²) in [6.45, 7) is 0. The van der Waals surface area contributed by atoms with Gasteiger partial charge in [0.05, 0.1) is 5.71 Å². The molecule has 21 heavy (non-hydrogen) atoms. The van der Waals surface area contributed by atoms with Gasteiger partial charge in [0, 0.05) is 5.92 Å². The monoisotopic (exact) mass is 291 g/mol. The number of carbonyl (C=O) groups excluding carboxylic acids is 1. The summed E-state index contributed by atoms with van der Waals surface area (Å²) >= 11 is 0. The Hall–Kier alpha value is -2.43. The lowest BCUT2D eigenvalue weighted by Crippen LogP contribution is -2.23. The molecule has 0 aliphatic heterocycles. The van der Waals surface area contributed by atoms with Crippen molar-refractivity contribution in [2.75, 3.05) is 0 Å². The fourth-order valence-corrected chi connectivity index (χ4v) is 1.78. The first-order chi connectivity index (χ1) is 9.97. The summed E-state index contributed by atoms with van der Waals surface area (Å²) in [5.74, 6) is -2.54. The minimum atomic E-state index is -4.95. The molecule has 108 valence electrons. The number of alkyl halides is 3. The molecule has 1 amide bonds. The van der Waals surface area contributed by atoms with Crippen LogP contribution >= 0.6 is 0 Å². The topological polar surface area (TPSA) is 29.4 Å². The quantitative estimate of drug-likeness (QED) is 0.810. The van der Waals surface area contributed by atoms with Crippen molar-refractivity contribution in [1.29, 1.82) is 0 Å². The summed E-state index contributed by atoms with van der Waals surface area (Å²) in [6.07, 6.45) is 4.88. The molecule has 0 fully saturated rings. The third-order valence-electron chi connectivity index (χ3n) is 2.81. The molecule has 1 aliphatic rings. The highest BCUT2D eigenvalue weighted by molar-refractivity contribution is 6.07. The molecule has 0 bridgehead atoms. The summed E-state index contributed by atoms with van der Waals surface area (Å²) in [7, 11) is 0. The SMILES string of the molecule is O=C(N=C1C=CC=CC1C=Cc1ccccc1)C(F)(F)F. The number of benzene rings is 1. The third kappa shape index (κ3) is 4.27.